The number of nitrogens with one attached hydrogen (secondary N) is 1. The maximum absolute atomic E-state index is 12.3. The second-order valence-corrected chi connectivity index (χ2v) is 7.52. The van der Waals surface area contributed by atoms with E-state index in [0.29, 0.717) is 23.7 Å². The van der Waals surface area contributed by atoms with Crippen molar-refractivity contribution in [2.24, 2.45) is 0 Å². The molecule has 6 heteroatoms. The molecule has 140 valence electrons. The third-order valence-electron chi connectivity index (χ3n) is 4.05. The molecule has 0 fully saturated rings. The molecule has 0 bridgehead atoms. The molecule has 1 aromatic heterocycles. The lowest BCUT2D eigenvalue weighted by Crippen LogP contribution is -2.25. The van der Waals surface area contributed by atoms with E-state index in [1.54, 1.807) is 23.5 Å². The number of benzene rings is 2. The van der Waals surface area contributed by atoms with Gasteiger partial charge < -0.3 is 10.1 Å². The molecule has 27 heavy (non-hydrogen) atoms. The van der Waals surface area contributed by atoms with Gasteiger partial charge in [-0.25, -0.2) is 4.98 Å². The number of carbonyl (C=O) groups is 1. The van der Waals surface area contributed by atoms with E-state index in [9.17, 15) is 4.79 Å². The average Bonchev–Trinajstić information content (AvgIpc) is 3.04. The molecule has 0 saturated carbocycles. The Morgan fingerprint density at radius 2 is 1.85 bits per heavy atom. The van der Waals surface area contributed by atoms with Gasteiger partial charge in [0.05, 0.1) is 12.3 Å². The van der Waals surface area contributed by atoms with Crippen molar-refractivity contribution in [2.45, 2.75) is 20.3 Å². The lowest BCUT2D eigenvalue weighted by atomic mass is 10.2. The number of thiazole rings is 1. The molecule has 3 aromatic rings. The maximum Gasteiger partial charge on any atom is 0.251 e. The zero-order chi connectivity index (χ0) is 19.2. The highest BCUT2D eigenvalue weighted by atomic mass is 35.5. The second kappa shape index (κ2) is 9.02. The smallest absolute Gasteiger partial charge is 0.251 e. The molecule has 3 rings (SSSR count). The first kappa shape index (κ1) is 19.4. The van der Waals surface area contributed by atoms with Crippen LogP contribution in [-0.4, -0.2) is 24.0 Å². The lowest BCUT2D eigenvalue weighted by Gasteiger charge is -2.06. The van der Waals surface area contributed by atoms with Crippen LogP contribution in [0.15, 0.2) is 48.5 Å². The number of aryl methyl sites for hydroxylation is 1. The molecule has 0 atom stereocenters. The Bertz CT molecular complexity index is 905. The minimum atomic E-state index is -0.0851. The number of ether oxygens (including phenoxy) is 1. The summed E-state index contributed by atoms with van der Waals surface area (Å²) in [5.74, 6) is 0.683. The van der Waals surface area contributed by atoms with Gasteiger partial charge in [-0.3, -0.25) is 4.79 Å². The Hall–Kier alpha value is -2.37. The van der Waals surface area contributed by atoms with Crippen molar-refractivity contribution < 1.29 is 9.53 Å². The van der Waals surface area contributed by atoms with Gasteiger partial charge in [-0.1, -0.05) is 23.7 Å². The van der Waals surface area contributed by atoms with E-state index >= 15 is 0 Å². The first-order chi connectivity index (χ1) is 13.1. The van der Waals surface area contributed by atoms with Gasteiger partial charge in [-0.15, -0.1) is 11.3 Å². The highest BCUT2D eigenvalue weighted by Crippen LogP contribution is 2.29. The van der Waals surface area contributed by atoms with E-state index in [-0.39, 0.29) is 5.91 Å². The summed E-state index contributed by atoms with van der Waals surface area (Å²) in [7, 11) is 0. The summed E-state index contributed by atoms with van der Waals surface area (Å²) in [6.45, 7) is 5.10. The fourth-order valence-electron chi connectivity index (χ4n) is 2.64. The van der Waals surface area contributed by atoms with Gasteiger partial charge in [-0.05, 0) is 50.2 Å². The maximum atomic E-state index is 12.3. The zero-order valence-electron chi connectivity index (χ0n) is 15.3. The summed E-state index contributed by atoms with van der Waals surface area (Å²) in [6, 6.07) is 14.8. The van der Waals surface area contributed by atoms with Gasteiger partial charge in [0.1, 0.15) is 10.8 Å². The van der Waals surface area contributed by atoms with E-state index < -0.39 is 0 Å². The summed E-state index contributed by atoms with van der Waals surface area (Å²) in [6.07, 6.45) is 0.750. The van der Waals surface area contributed by atoms with Crippen molar-refractivity contribution in [3.05, 3.63) is 69.7 Å². The quantitative estimate of drug-likeness (QED) is 0.597. The molecule has 0 saturated heterocycles. The standard InChI is InChI=1S/C21H21ClN2O2S/c1-3-26-18-10-6-15(7-11-18)20(25)23-13-12-19-14(2)24-21(27-19)16-4-8-17(22)9-5-16/h4-11H,3,12-13H2,1-2H3,(H,23,25). The number of aromatic nitrogens is 1. The van der Waals surface area contributed by atoms with Crippen molar-refractivity contribution in [3.63, 3.8) is 0 Å². The van der Waals surface area contributed by atoms with Crippen molar-refractivity contribution in [2.75, 3.05) is 13.2 Å². The molecule has 2 aromatic carbocycles. The zero-order valence-corrected chi connectivity index (χ0v) is 16.9. The van der Waals surface area contributed by atoms with Gasteiger partial charge in [0.15, 0.2) is 0 Å². The summed E-state index contributed by atoms with van der Waals surface area (Å²) >= 11 is 7.60. The first-order valence-electron chi connectivity index (χ1n) is 8.80. The molecular weight excluding hydrogens is 380 g/mol. The van der Waals surface area contributed by atoms with Crippen LogP contribution in [0.25, 0.3) is 10.6 Å². The monoisotopic (exact) mass is 400 g/mol. The third kappa shape index (κ3) is 5.08. The third-order valence-corrected chi connectivity index (χ3v) is 5.57. The van der Waals surface area contributed by atoms with Crippen LogP contribution in [0, 0.1) is 6.92 Å². The first-order valence-corrected chi connectivity index (χ1v) is 9.99. The van der Waals surface area contributed by atoms with Crippen LogP contribution in [-0.2, 0) is 6.42 Å². The molecule has 0 aliphatic heterocycles. The van der Waals surface area contributed by atoms with Crippen LogP contribution >= 0.6 is 22.9 Å². The fourth-order valence-corrected chi connectivity index (χ4v) is 3.83. The molecule has 0 aliphatic rings. The minimum Gasteiger partial charge on any atom is -0.494 e. The summed E-state index contributed by atoms with van der Waals surface area (Å²) in [4.78, 5) is 18.1. The van der Waals surface area contributed by atoms with E-state index in [1.165, 1.54) is 4.88 Å². The van der Waals surface area contributed by atoms with Gasteiger partial charge >= 0.3 is 0 Å². The molecule has 0 unspecified atom stereocenters. The fraction of sp³-hybridized carbons (Fsp3) is 0.238. The number of hydrogen-bond acceptors (Lipinski definition) is 4. The highest BCUT2D eigenvalue weighted by molar-refractivity contribution is 7.15. The van der Waals surface area contributed by atoms with Crippen LogP contribution in [0.1, 0.15) is 27.9 Å². The second-order valence-electron chi connectivity index (χ2n) is 6.00. The molecule has 1 N–H and O–H groups in total. The largest absolute Gasteiger partial charge is 0.494 e. The molecule has 0 spiro atoms. The number of halogens is 1. The van der Waals surface area contributed by atoms with E-state index in [2.05, 4.69) is 10.3 Å². The Balaban J connectivity index is 1.57. The van der Waals surface area contributed by atoms with Crippen molar-refractivity contribution >= 4 is 28.8 Å². The number of nitrogens with zero attached hydrogens (tertiary/aromatic N) is 1. The minimum absolute atomic E-state index is 0.0851. The normalized spacial score (nSPS) is 10.6. The van der Waals surface area contributed by atoms with Crippen LogP contribution in [0.4, 0.5) is 0 Å². The van der Waals surface area contributed by atoms with Gasteiger partial charge in [0, 0.05) is 34.0 Å². The number of amides is 1. The molecule has 1 amide bonds. The molecule has 1 heterocycles. The van der Waals surface area contributed by atoms with E-state index in [1.807, 2.05) is 50.2 Å². The van der Waals surface area contributed by atoms with Crippen molar-refractivity contribution in [1.29, 1.82) is 0 Å². The van der Waals surface area contributed by atoms with Crippen LogP contribution < -0.4 is 10.1 Å². The predicted octanol–water partition coefficient (Wildman–Crippen LogP) is 5.14. The Morgan fingerprint density at radius 1 is 1.15 bits per heavy atom. The summed E-state index contributed by atoms with van der Waals surface area (Å²) in [5.41, 5.74) is 2.68. The molecule has 0 radical (unpaired) electrons. The SMILES string of the molecule is CCOc1ccc(C(=O)NCCc2sc(-c3ccc(Cl)cc3)nc2C)cc1. The van der Waals surface area contributed by atoms with Crippen LogP contribution in [0.3, 0.4) is 0 Å². The summed E-state index contributed by atoms with van der Waals surface area (Å²) < 4.78 is 5.39. The van der Waals surface area contributed by atoms with Gasteiger partial charge in [-0.2, -0.15) is 0 Å². The average molecular weight is 401 g/mol. The Labute approximate surface area is 168 Å². The Morgan fingerprint density at radius 3 is 2.52 bits per heavy atom. The van der Waals surface area contributed by atoms with Crippen molar-refractivity contribution in [3.8, 4) is 16.3 Å². The van der Waals surface area contributed by atoms with Crippen LogP contribution in [0.5, 0.6) is 5.75 Å². The predicted molar refractivity (Wildman–Crippen MR) is 111 cm³/mol. The van der Waals surface area contributed by atoms with Gasteiger partial charge in [0.2, 0.25) is 0 Å². The molecule has 4 nitrogen and oxygen atoms in total. The van der Waals surface area contributed by atoms with E-state index in [4.69, 9.17) is 16.3 Å². The Kier molecular flexibility index (Phi) is 6.48. The van der Waals surface area contributed by atoms with Crippen molar-refractivity contribution in [1.82, 2.24) is 10.3 Å². The number of hydrogen-bond donors (Lipinski definition) is 1. The topological polar surface area (TPSA) is 51.2 Å². The lowest BCUT2D eigenvalue weighted by molar-refractivity contribution is 0.0954. The van der Waals surface area contributed by atoms with Crippen LogP contribution in [0.2, 0.25) is 5.02 Å². The molecular formula is C21H21ClN2O2S. The number of carbonyl (C=O) groups excluding carboxylic acids is 1. The highest BCUT2D eigenvalue weighted by Gasteiger charge is 2.11. The van der Waals surface area contributed by atoms with Gasteiger partial charge in [0.25, 0.3) is 5.91 Å². The number of rotatable bonds is 7. The van der Waals surface area contributed by atoms with E-state index in [0.717, 1.165) is 28.4 Å². The summed E-state index contributed by atoms with van der Waals surface area (Å²) in [5, 5.41) is 4.65. The molecule has 0 aliphatic carbocycles.